The third kappa shape index (κ3) is 3.49. The van der Waals surface area contributed by atoms with Crippen molar-refractivity contribution in [3.8, 4) is 0 Å². The van der Waals surface area contributed by atoms with Crippen molar-refractivity contribution in [2.45, 2.75) is 25.9 Å². The van der Waals surface area contributed by atoms with Gasteiger partial charge in [0.25, 0.3) is 5.91 Å². The summed E-state index contributed by atoms with van der Waals surface area (Å²) in [6.07, 6.45) is 3.95. The first kappa shape index (κ1) is 18.2. The Morgan fingerprint density at radius 2 is 1.93 bits per heavy atom. The molecule has 0 aliphatic carbocycles. The first-order chi connectivity index (χ1) is 14.2. The molecule has 1 fully saturated rings. The van der Waals surface area contributed by atoms with Crippen molar-refractivity contribution in [3.63, 3.8) is 0 Å². The number of anilines is 2. The Bertz CT molecular complexity index is 996. The number of halogens is 1. The number of nitrogens with zero attached hydrogens (tertiary/aromatic N) is 1. The molecular weight excluding hydrogens is 369 g/mol. The number of fused-ring (bicyclic) bond motifs is 2. The van der Waals surface area contributed by atoms with Gasteiger partial charge >= 0.3 is 0 Å². The number of nitrogens with one attached hydrogen (secondary N) is 2. The molecule has 2 N–H and O–H groups in total. The van der Waals surface area contributed by atoms with Crippen LogP contribution in [0.1, 0.15) is 36.0 Å². The van der Waals surface area contributed by atoms with Gasteiger partial charge in [-0.2, -0.15) is 0 Å². The summed E-state index contributed by atoms with van der Waals surface area (Å²) in [4.78, 5) is 15.0. The van der Waals surface area contributed by atoms with Crippen LogP contribution in [0.4, 0.5) is 15.8 Å². The lowest BCUT2D eigenvalue weighted by molar-refractivity contribution is -0.110. The highest BCUT2D eigenvalue weighted by Gasteiger charge is 2.32. The molecule has 1 amide bonds. The molecule has 2 aromatic carbocycles. The summed E-state index contributed by atoms with van der Waals surface area (Å²) in [7, 11) is 0. The van der Waals surface area contributed by atoms with Gasteiger partial charge < -0.3 is 20.3 Å². The Morgan fingerprint density at radius 1 is 1.07 bits per heavy atom. The van der Waals surface area contributed by atoms with E-state index in [1.54, 1.807) is 6.07 Å². The Hall–Kier alpha value is -2.86. The first-order valence-corrected chi connectivity index (χ1v) is 10.3. The minimum absolute atomic E-state index is 0.253. The van der Waals surface area contributed by atoms with E-state index < -0.39 is 0 Å². The van der Waals surface area contributed by atoms with Crippen molar-refractivity contribution in [2.75, 3.05) is 36.8 Å². The molecule has 3 aliphatic heterocycles. The van der Waals surface area contributed by atoms with Crippen LogP contribution in [0.15, 0.2) is 36.4 Å². The van der Waals surface area contributed by atoms with Crippen molar-refractivity contribution in [1.29, 1.82) is 0 Å². The number of likely N-dealkylation sites (tertiary alicyclic amines) is 1. The van der Waals surface area contributed by atoms with Crippen LogP contribution in [0.3, 0.4) is 0 Å². The Labute approximate surface area is 169 Å². The maximum Gasteiger partial charge on any atom is 0.260 e. The molecule has 0 bridgehead atoms. The number of hydrogen-bond donors (Lipinski definition) is 2. The number of carbonyl (C=O) groups is 1. The van der Waals surface area contributed by atoms with Crippen molar-refractivity contribution in [1.82, 2.24) is 4.90 Å². The zero-order valence-corrected chi connectivity index (χ0v) is 16.3. The van der Waals surface area contributed by atoms with E-state index in [0.29, 0.717) is 29.2 Å². The van der Waals surface area contributed by atoms with Crippen LogP contribution < -0.4 is 10.6 Å². The van der Waals surface area contributed by atoms with Gasteiger partial charge in [-0.1, -0.05) is 6.42 Å². The lowest BCUT2D eigenvalue weighted by Crippen LogP contribution is -2.33. The van der Waals surface area contributed by atoms with Gasteiger partial charge in [0.15, 0.2) is 0 Å². The number of benzene rings is 2. The van der Waals surface area contributed by atoms with E-state index in [1.807, 2.05) is 12.1 Å². The molecule has 0 saturated carbocycles. The van der Waals surface area contributed by atoms with Crippen LogP contribution in [0.5, 0.6) is 0 Å². The number of carbonyl (C=O) groups excluding carboxylic acids is 1. The lowest BCUT2D eigenvalue weighted by atomic mass is 10.00. The molecule has 5 rings (SSSR count). The van der Waals surface area contributed by atoms with Gasteiger partial charge in [0.05, 0.1) is 5.57 Å². The van der Waals surface area contributed by atoms with Gasteiger partial charge in [0.2, 0.25) is 0 Å². The van der Waals surface area contributed by atoms with Gasteiger partial charge in [-0.3, -0.25) is 4.79 Å². The summed E-state index contributed by atoms with van der Waals surface area (Å²) in [6.45, 7) is 4.75. The van der Waals surface area contributed by atoms with Gasteiger partial charge in [-0.25, -0.2) is 4.39 Å². The molecule has 0 aromatic heterocycles. The van der Waals surface area contributed by atoms with Crippen molar-refractivity contribution < 1.29 is 13.9 Å². The van der Waals surface area contributed by atoms with E-state index in [1.165, 1.54) is 44.5 Å². The largest absolute Gasteiger partial charge is 0.487 e. The van der Waals surface area contributed by atoms with Crippen LogP contribution in [0.2, 0.25) is 0 Å². The molecule has 0 unspecified atom stereocenters. The average molecular weight is 393 g/mol. The summed E-state index contributed by atoms with van der Waals surface area (Å²) in [5, 5.41) is 6.29. The second kappa shape index (κ2) is 7.52. The SMILES string of the molecule is O=C1Nc2ccc(F)cc2/C1=C1\OCc2cc(NCCN3CCCCC3)ccc21. The van der Waals surface area contributed by atoms with Gasteiger partial charge in [-0.15, -0.1) is 0 Å². The van der Waals surface area contributed by atoms with Gasteiger partial charge in [-0.05, 0) is 62.3 Å². The predicted molar refractivity (Wildman–Crippen MR) is 112 cm³/mol. The summed E-state index contributed by atoms with van der Waals surface area (Å²) < 4.78 is 19.6. The van der Waals surface area contributed by atoms with E-state index in [-0.39, 0.29) is 11.7 Å². The molecule has 3 heterocycles. The van der Waals surface area contributed by atoms with Crippen molar-refractivity contribution in [3.05, 3.63) is 58.9 Å². The number of piperidine rings is 1. The fraction of sp³-hybridized carbons (Fsp3) is 0.348. The molecule has 1 saturated heterocycles. The summed E-state index contributed by atoms with van der Waals surface area (Å²) >= 11 is 0. The number of hydrogen-bond acceptors (Lipinski definition) is 4. The third-order valence-electron chi connectivity index (χ3n) is 5.88. The highest BCUT2D eigenvalue weighted by Crippen LogP contribution is 2.42. The molecular formula is C23H24FN3O2. The highest BCUT2D eigenvalue weighted by molar-refractivity contribution is 6.36. The van der Waals surface area contributed by atoms with Crippen LogP contribution in [0, 0.1) is 5.82 Å². The lowest BCUT2D eigenvalue weighted by Gasteiger charge is -2.26. The maximum atomic E-state index is 13.7. The molecule has 29 heavy (non-hydrogen) atoms. The third-order valence-corrected chi connectivity index (χ3v) is 5.88. The second-order valence-corrected chi connectivity index (χ2v) is 7.84. The topological polar surface area (TPSA) is 53.6 Å². The summed E-state index contributed by atoms with van der Waals surface area (Å²) in [5.41, 5.74) is 4.57. The van der Waals surface area contributed by atoms with E-state index >= 15 is 0 Å². The van der Waals surface area contributed by atoms with E-state index in [2.05, 4.69) is 21.6 Å². The molecule has 0 atom stereocenters. The molecule has 0 radical (unpaired) electrons. The normalized spacial score (nSPS) is 20.8. The molecule has 0 spiro atoms. The van der Waals surface area contributed by atoms with Crippen molar-refractivity contribution >= 4 is 28.6 Å². The molecule has 5 nitrogen and oxygen atoms in total. The van der Waals surface area contributed by atoms with Crippen LogP contribution in [-0.4, -0.2) is 37.0 Å². The highest BCUT2D eigenvalue weighted by atomic mass is 19.1. The molecule has 6 heteroatoms. The van der Waals surface area contributed by atoms with Gasteiger partial charge in [0, 0.05) is 41.2 Å². The van der Waals surface area contributed by atoms with E-state index in [4.69, 9.17) is 4.74 Å². The molecule has 3 aliphatic rings. The Balaban J connectivity index is 1.35. The van der Waals surface area contributed by atoms with E-state index in [0.717, 1.165) is 29.9 Å². The summed E-state index contributed by atoms with van der Waals surface area (Å²) in [6, 6.07) is 10.4. The number of ether oxygens (including phenoxy) is 1. The zero-order valence-electron chi connectivity index (χ0n) is 16.3. The fourth-order valence-corrected chi connectivity index (χ4v) is 4.39. The molecule has 2 aromatic rings. The van der Waals surface area contributed by atoms with Crippen LogP contribution in [-0.2, 0) is 16.1 Å². The quantitative estimate of drug-likeness (QED) is 0.769. The predicted octanol–water partition coefficient (Wildman–Crippen LogP) is 4.07. The monoisotopic (exact) mass is 393 g/mol. The average Bonchev–Trinajstić information content (AvgIpc) is 3.28. The smallest absolute Gasteiger partial charge is 0.260 e. The standard InChI is InChI=1S/C23H24FN3O2/c24-16-4-7-20-19(13-16)21(23(28)26-20)22-18-6-5-17(12-15(18)14-29-22)25-8-11-27-9-2-1-3-10-27/h4-7,12-13,25H,1-3,8-11,14H2,(H,26,28)/b22-21+. The Kier molecular flexibility index (Phi) is 4.72. The fourth-order valence-electron chi connectivity index (χ4n) is 4.39. The number of rotatable bonds is 4. The minimum atomic E-state index is -0.371. The number of amides is 1. The molecule has 150 valence electrons. The van der Waals surface area contributed by atoms with E-state index in [9.17, 15) is 9.18 Å². The van der Waals surface area contributed by atoms with Gasteiger partial charge in [0.1, 0.15) is 18.2 Å². The minimum Gasteiger partial charge on any atom is -0.487 e. The summed E-state index contributed by atoms with van der Waals surface area (Å²) in [5.74, 6) is -0.0938. The zero-order chi connectivity index (χ0) is 19.8. The Morgan fingerprint density at radius 3 is 2.79 bits per heavy atom. The van der Waals surface area contributed by atoms with Crippen LogP contribution in [0.25, 0.3) is 11.3 Å². The van der Waals surface area contributed by atoms with Crippen LogP contribution >= 0.6 is 0 Å². The first-order valence-electron chi connectivity index (χ1n) is 10.3. The second-order valence-electron chi connectivity index (χ2n) is 7.84. The maximum absolute atomic E-state index is 13.7. The van der Waals surface area contributed by atoms with Crippen molar-refractivity contribution in [2.24, 2.45) is 0 Å².